The van der Waals surface area contributed by atoms with Crippen molar-refractivity contribution in [2.45, 2.75) is 31.7 Å². The van der Waals surface area contributed by atoms with E-state index in [9.17, 15) is 9.59 Å². The third-order valence-corrected chi connectivity index (χ3v) is 6.53. The molecule has 1 N–H and O–H groups in total. The molecule has 7 heteroatoms. The Bertz CT molecular complexity index is 881. The number of thioether (sulfide) groups is 1. The second-order valence-corrected chi connectivity index (χ2v) is 9.77. The number of carbonyl (C=O) groups is 2. The molecule has 0 saturated carbocycles. The number of anilines is 1. The fourth-order valence-corrected chi connectivity index (χ4v) is 4.39. The average Bonchev–Trinajstić information content (AvgIpc) is 2.83. The number of piperazine rings is 1. The highest BCUT2D eigenvalue weighted by Crippen LogP contribution is 2.18. The van der Waals surface area contributed by atoms with Crippen molar-refractivity contribution in [3.05, 3.63) is 60.2 Å². The summed E-state index contributed by atoms with van der Waals surface area (Å²) in [5, 5.41) is 2.98. The maximum Gasteiger partial charge on any atom is 0.321 e. The van der Waals surface area contributed by atoms with Gasteiger partial charge >= 0.3 is 6.03 Å². The van der Waals surface area contributed by atoms with Gasteiger partial charge in [-0.2, -0.15) is 0 Å². The normalized spacial score (nSPS) is 14.4. The van der Waals surface area contributed by atoms with Crippen LogP contribution in [0.25, 0.3) is 0 Å². The lowest BCUT2D eigenvalue weighted by atomic mass is 10.2. The number of nitrogens with one attached hydrogen (secondary N) is 1. The van der Waals surface area contributed by atoms with Gasteiger partial charge in [0, 0.05) is 62.8 Å². The number of hydrogen-bond acceptors (Lipinski definition) is 4. The minimum absolute atomic E-state index is 0.125. The van der Waals surface area contributed by atoms with E-state index in [1.165, 1.54) is 5.56 Å². The monoisotopic (exact) mass is 468 g/mol. The van der Waals surface area contributed by atoms with E-state index in [0.717, 1.165) is 43.3 Å². The number of nitrogens with zero attached hydrogens (tertiary/aromatic N) is 3. The van der Waals surface area contributed by atoms with E-state index in [1.807, 2.05) is 41.5 Å². The first-order chi connectivity index (χ1) is 15.9. The quantitative estimate of drug-likeness (QED) is 0.545. The predicted octanol–water partition coefficient (Wildman–Crippen LogP) is 4.63. The first kappa shape index (κ1) is 25.1. The molecular formula is C26H36N4O2S. The molecule has 2 aromatic carbocycles. The number of amides is 3. The highest BCUT2D eigenvalue weighted by Gasteiger charge is 2.23. The third kappa shape index (κ3) is 8.09. The van der Waals surface area contributed by atoms with Gasteiger partial charge in [-0.15, -0.1) is 11.8 Å². The van der Waals surface area contributed by atoms with Crippen LogP contribution < -0.4 is 5.32 Å². The summed E-state index contributed by atoms with van der Waals surface area (Å²) in [6.07, 6.45) is 2.38. The van der Waals surface area contributed by atoms with Gasteiger partial charge in [0.05, 0.1) is 0 Å². The molecule has 0 spiro atoms. The number of rotatable bonds is 9. The fraction of sp³-hybridized carbons (Fsp3) is 0.462. The smallest absolute Gasteiger partial charge is 0.321 e. The minimum Gasteiger partial charge on any atom is -0.340 e. The van der Waals surface area contributed by atoms with E-state index in [-0.39, 0.29) is 11.9 Å². The van der Waals surface area contributed by atoms with E-state index in [1.54, 1.807) is 16.7 Å². The summed E-state index contributed by atoms with van der Waals surface area (Å²) in [5.41, 5.74) is 2.07. The van der Waals surface area contributed by atoms with Gasteiger partial charge in [-0.05, 0) is 42.0 Å². The summed E-state index contributed by atoms with van der Waals surface area (Å²) in [7, 11) is 0. The molecule has 0 unspecified atom stereocenters. The molecule has 0 atom stereocenters. The summed E-state index contributed by atoms with van der Waals surface area (Å²) in [4.78, 5) is 33.0. The number of benzene rings is 2. The van der Waals surface area contributed by atoms with Crippen molar-refractivity contribution in [3.63, 3.8) is 0 Å². The molecule has 0 bridgehead atoms. The van der Waals surface area contributed by atoms with Crippen LogP contribution in [0.5, 0.6) is 0 Å². The van der Waals surface area contributed by atoms with Gasteiger partial charge in [-0.1, -0.05) is 44.2 Å². The Labute approximate surface area is 202 Å². The summed E-state index contributed by atoms with van der Waals surface area (Å²) < 4.78 is 0. The molecule has 6 nitrogen and oxygen atoms in total. The average molecular weight is 469 g/mol. The molecule has 33 heavy (non-hydrogen) atoms. The fourth-order valence-electron chi connectivity index (χ4n) is 3.98. The van der Waals surface area contributed by atoms with Gasteiger partial charge in [0.1, 0.15) is 0 Å². The molecule has 0 aliphatic carbocycles. The van der Waals surface area contributed by atoms with Gasteiger partial charge in [0.25, 0.3) is 0 Å². The van der Waals surface area contributed by atoms with Crippen molar-refractivity contribution in [1.29, 1.82) is 0 Å². The zero-order valence-electron chi connectivity index (χ0n) is 20.0. The van der Waals surface area contributed by atoms with E-state index in [4.69, 9.17) is 0 Å². The minimum atomic E-state index is -0.152. The van der Waals surface area contributed by atoms with Crippen molar-refractivity contribution in [3.8, 4) is 0 Å². The van der Waals surface area contributed by atoms with Crippen LogP contribution in [0.1, 0.15) is 25.8 Å². The summed E-state index contributed by atoms with van der Waals surface area (Å²) in [6, 6.07) is 18.1. The Morgan fingerprint density at radius 3 is 2.27 bits per heavy atom. The Morgan fingerprint density at radius 2 is 1.67 bits per heavy atom. The van der Waals surface area contributed by atoms with Crippen LogP contribution >= 0.6 is 11.8 Å². The topological polar surface area (TPSA) is 55.9 Å². The summed E-state index contributed by atoms with van der Waals surface area (Å²) >= 11 is 1.67. The van der Waals surface area contributed by atoms with Crippen LogP contribution in [-0.4, -0.2) is 72.2 Å². The zero-order valence-corrected chi connectivity index (χ0v) is 20.8. The van der Waals surface area contributed by atoms with Gasteiger partial charge in [-0.3, -0.25) is 9.69 Å². The Hall–Kier alpha value is -2.51. The maximum absolute atomic E-state index is 12.9. The zero-order chi connectivity index (χ0) is 23.6. The van der Waals surface area contributed by atoms with Gasteiger partial charge in [0.2, 0.25) is 5.91 Å². The first-order valence-corrected chi connectivity index (χ1v) is 12.9. The lowest BCUT2D eigenvalue weighted by molar-refractivity contribution is -0.133. The highest BCUT2D eigenvalue weighted by atomic mass is 32.2. The van der Waals surface area contributed by atoms with Crippen LogP contribution in [0.3, 0.4) is 0 Å². The summed E-state index contributed by atoms with van der Waals surface area (Å²) in [6.45, 7) is 9.37. The highest BCUT2D eigenvalue weighted by molar-refractivity contribution is 7.98. The molecule has 2 aromatic rings. The number of carbonyl (C=O) groups excluding carboxylic acids is 2. The van der Waals surface area contributed by atoms with Crippen LogP contribution in [-0.2, 0) is 11.3 Å². The summed E-state index contributed by atoms with van der Waals surface area (Å²) in [5.74, 6) is 0.450. The van der Waals surface area contributed by atoms with E-state index >= 15 is 0 Å². The standard InChI is InChI=1S/C26H36N4O2S/c1-21(2)19-30(26(32)27-23-9-11-24(33-3)12-10-23)14-13-25(31)29-17-15-28(16-18-29)20-22-7-5-4-6-8-22/h4-12,21H,13-20H2,1-3H3,(H,27,32). The third-order valence-electron chi connectivity index (χ3n) is 5.78. The Balaban J connectivity index is 1.47. The van der Waals surface area contributed by atoms with Crippen LogP contribution in [0.4, 0.5) is 10.5 Å². The van der Waals surface area contributed by atoms with E-state index in [2.05, 4.69) is 48.3 Å². The van der Waals surface area contributed by atoms with Crippen molar-refractivity contribution >= 4 is 29.4 Å². The van der Waals surface area contributed by atoms with Gasteiger partial charge < -0.3 is 15.1 Å². The molecule has 1 heterocycles. The first-order valence-electron chi connectivity index (χ1n) is 11.7. The van der Waals surface area contributed by atoms with Gasteiger partial charge in [0.15, 0.2) is 0 Å². The Morgan fingerprint density at radius 1 is 1.00 bits per heavy atom. The molecule has 0 radical (unpaired) electrons. The van der Waals surface area contributed by atoms with E-state index in [0.29, 0.717) is 25.4 Å². The van der Waals surface area contributed by atoms with Gasteiger partial charge in [-0.25, -0.2) is 4.79 Å². The largest absolute Gasteiger partial charge is 0.340 e. The molecule has 3 rings (SSSR count). The number of hydrogen-bond donors (Lipinski definition) is 1. The molecular weight excluding hydrogens is 432 g/mol. The van der Waals surface area contributed by atoms with Crippen molar-refractivity contribution in [1.82, 2.24) is 14.7 Å². The molecule has 0 aromatic heterocycles. The molecule has 1 aliphatic heterocycles. The maximum atomic E-state index is 12.9. The van der Waals surface area contributed by atoms with Crippen molar-refractivity contribution in [2.75, 3.05) is 50.8 Å². The van der Waals surface area contributed by atoms with Crippen LogP contribution in [0, 0.1) is 5.92 Å². The Kier molecular flexibility index (Phi) is 9.63. The van der Waals surface area contributed by atoms with E-state index < -0.39 is 0 Å². The van der Waals surface area contributed by atoms with Crippen LogP contribution in [0.15, 0.2) is 59.5 Å². The molecule has 3 amide bonds. The lowest BCUT2D eigenvalue weighted by Gasteiger charge is -2.35. The number of urea groups is 1. The van der Waals surface area contributed by atoms with Crippen LogP contribution in [0.2, 0.25) is 0 Å². The predicted molar refractivity (Wildman–Crippen MR) is 137 cm³/mol. The molecule has 1 saturated heterocycles. The molecule has 1 fully saturated rings. The van der Waals surface area contributed by atoms with Crippen molar-refractivity contribution in [2.24, 2.45) is 5.92 Å². The second-order valence-electron chi connectivity index (χ2n) is 8.89. The van der Waals surface area contributed by atoms with Crippen molar-refractivity contribution < 1.29 is 9.59 Å². The SMILES string of the molecule is CSc1ccc(NC(=O)N(CCC(=O)N2CCN(Cc3ccccc3)CC2)CC(C)C)cc1. The molecule has 178 valence electrons. The second kappa shape index (κ2) is 12.7. The lowest BCUT2D eigenvalue weighted by Crippen LogP contribution is -2.49. The molecule has 1 aliphatic rings.